The van der Waals surface area contributed by atoms with Crippen molar-refractivity contribution in [1.82, 2.24) is 9.55 Å². The van der Waals surface area contributed by atoms with E-state index < -0.39 is 0 Å². The lowest BCUT2D eigenvalue weighted by Gasteiger charge is -2.08. The smallest absolute Gasteiger partial charge is 0.134 e. The Kier molecular flexibility index (Phi) is 5.02. The van der Waals surface area contributed by atoms with Gasteiger partial charge in [-0.25, -0.2) is 4.98 Å². The molecule has 0 aliphatic rings. The summed E-state index contributed by atoms with van der Waals surface area (Å²) < 4.78 is 2.22. The van der Waals surface area contributed by atoms with Crippen LogP contribution in [0.4, 0.5) is 0 Å². The van der Waals surface area contributed by atoms with E-state index in [-0.39, 0.29) is 0 Å². The first-order chi connectivity index (χ1) is 13.1. The van der Waals surface area contributed by atoms with Gasteiger partial charge in [0.2, 0.25) is 0 Å². The molecule has 0 saturated carbocycles. The highest BCUT2D eigenvalue weighted by Gasteiger charge is 2.09. The summed E-state index contributed by atoms with van der Waals surface area (Å²) in [4.78, 5) is 4.80. The maximum atomic E-state index is 6.30. The van der Waals surface area contributed by atoms with E-state index in [9.17, 15) is 0 Å². The maximum Gasteiger partial charge on any atom is 0.134 e. The highest BCUT2D eigenvalue weighted by atomic mass is 35.5. The van der Waals surface area contributed by atoms with Crippen LogP contribution < -0.4 is 0 Å². The molecule has 0 aliphatic carbocycles. The second-order valence-corrected chi connectivity index (χ2v) is 7.37. The molecule has 0 atom stereocenters. The van der Waals surface area contributed by atoms with Crippen molar-refractivity contribution in [2.75, 3.05) is 0 Å². The predicted octanol–water partition coefficient (Wildman–Crippen LogP) is 6.87. The van der Waals surface area contributed by atoms with Crippen molar-refractivity contribution in [3.05, 3.63) is 99.3 Å². The molecule has 0 unspecified atom stereocenters. The van der Waals surface area contributed by atoms with Gasteiger partial charge in [-0.2, -0.15) is 0 Å². The quantitative estimate of drug-likeness (QED) is 0.370. The minimum absolute atomic E-state index is 0.625. The Morgan fingerprint density at radius 1 is 0.926 bits per heavy atom. The van der Waals surface area contributed by atoms with Gasteiger partial charge in [0.1, 0.15) is 5.82 Å². The maximum absolute atomic E-state index is 6.30. The van der Waals surface area contributed by atoms with Gasteiger partial charge in [-0.05, 0) is 54.5 Å². The number of halogens is 2. The van der Waals surface area contributed by atoms with E-state index in [2.05, 4.69) is 41.8 Å². The third-order valence-corrected chi connectivity index (χ3v) is 5.08. The zero-order valence-electron chi connectivity index (χ0n) is 14.9. The molecule has 0 radical (unpaired) electrons. The van der Waals surface area contributed by atoms with Gasteiger partial charge in [-0.3, -0.25) is 0 Å². The van der Waals surface area contributed by atoms with Gasteiger partial charge in [0.15, 0.2) is 0 Å². The number of nitrogens with zero attached hydrogens (tertiary/aromatic N) is 2. The number of hydrogen-bond acceptors (Lipinski definition) is 1. The number of fused-ring (bicyclic) bond motifs is 1. The van der Waals surface area contributed by atoms with Crippen molar-refractivity contribution in [1.29, 1.82) is 0 Å². The lowest BCUT2D eigenvalue weighted by molar-refractivity contribution is 0.813. The molecule has 0 fully saturated rings. The molecule has 0 bridgehead atoms. The Morgan fingerprint density at radius 2 is 1.70 bits per heavy atom. The molecule has 1 aromatic heterocycles. The Balaban J connectivity index is 1.75. The van der Waals surface area contributed by atoms with Crippen LogP contribution in [0.1, 0.15) is 22.5 Å². The minimum atomic E-state index is 0.625. The Hall–Kier alpha value is -2.55. The molecule has 4 heteroatoms. The molecule has 0 amide bonds. The standard InChI is InChI=1S/C23H18Cl2N2/c1-16-6-8-17(9-7-16)15-27-22-5-3-2-4-21(22)26-23(27)13-11-18-10-12-19(24)14-20(18)25/h2-14H,15H2,1H3. The highest BCUT2D eigenvalue weighted by Crippen LogP contribution is 2.24. The summed E-state index contributed by atoms with van der Waals surface area (Å²) in [5.41, 5.74) is 5.50. The van der Waals surface area contributed by atoms with Crippen molar-refractivity contribution >= 4 is 46.4 Å². The molecule has 27 heavy (non-hydrogen) atoms. The summed E-state index contributed by atoms with van der Waals surface area (Å²) in [6, 6.07) is 22.3. The van der Waals surface area contributed by atoms with E-state index in [0.717, 1.165) is 29.0 Å². The van der Waals surface area contributed by atoms with E-state index >= 15 is 0 Å². The number of hydrogen-bond donors (Lipinski definition) is 0. The van der Waals surface area contributed by atoms with Crippen molar-refractivity contribution in [2.45, 2.75) is 13.5 Å². The van der Waals surface area contributed by atoms with E-state index in [0.29, 0.717) is 10.0 Å². The molecule has 3 aromatic carbocycles. The van der Waals surface area contributed by atoms with E-state index in [1.54, 1.807) is 6.07 Å². The zero-order chi connectivity index (χ0) is 18.8. The van der Waals surface area contributed by atoms with E-state index in [4.69, 9.17) is 28.2 Å². The van der Waals surface area contributed by atoms with Crippen molar-refractivity contribution in [2.24, 2.45) is 0 Å². The van der Waals surface area contributed by atoms with Gasteiger partial charge >= 0.3 is 0 Å². The lowest BCUT2D eigenvalue weighted by atomic mass is 10.1. The molecule has 0 saturated heterocycles. The minimum Gasteiger partial charge on any atom is -0.320 e. The highest BCUT2D eigenvalue weighted by molar-refractivity contribution is 6.35. The van der Waals surface area contributed by atoms with Crippen molar-refractivity contribution in [3.8, 4) is 0 Å². The van der Waals surface area contributed by atoms with Crippen LogP contribution >= 0.6 is 23.2 Å². The summed E-state index contributed by atoms with van der Waals surface area (Å²) in [5, 5.41) is 1.25. The molecule has 4 rings (SSSR count). The second kappa shape index (κ2) is 7.59. The third kappa shape index (κ3) is 3.92. The average Bonchev–Trinajstić information content (AvgIpc) is 3.00. The lowest BCUT2D eigenvalue weighted by Crippen LogP contribution is -2.02. The van der Waals surface area contributed by atoms with Gasteiger partial charge in [-0.1, -0.05) is 71.2 Å². The zero-order valence-corrected chi connectivity index (χ0v) is 16.4. The fraction of sp³-hybridized carbons (Fsp3) is 0.0870. The number of aromatic nitrogens is 2. The molecule has 134 valence electrons. The second-order valence-electron chi connectivity index (χ2n) is 6.53. The van der Waals surface area contributed by atoms with Crippen LogP contribution in [0.25, 0.3) is 23.2 Å². The molecule has 1 heterocycles. The predicted molar refractivity (Wildman–Crippen MR) is 115 cm³/mol. The van der Waals surface area contributed by atoms with Gasteiger partial charge in [0, 0.05) is 16.6 Å². The first-order valence-corrected chi connectivity index (χ1v) is 9.50. The molecular formula is C23H18Cl2N2. The first-order valence-electron chi connectivity index (χ1n) is 8.74. The Labute approximate surface area is 168 Å². The summed E-state index contributed by atoms with van der Waals surface area (Å²) in [6.07, 6.45) is 3.98. The van der Waals surface area contributed by atoms with Gasteiger partial charge < -0.3 is 4.57 Å². The number of para-hydroxylation sites is 2. The third-order valence-electron chi connectivity index (χ3n) is 4.52. The molecule has 0 aliphatic heterocycles. The first kappa shape index (κ1) is 17.8. The van der Waals surface area contributed by atoms with E-state index in [1.165, 1.54) is 11.1 Å². The summed E-state index contributed by atoms with van der Waals surface area (Å²) in [7, 11) is 0. The number of rotatable bonds is 4. The number of imidazole rings is 1. The Morgan fingerprint density at radius 3 is 2.48 bits per heavy atom. The van der Waals surface area contributed by atoms with Crippen LogP contribution in [0.2, 0.25) is 10.0 Å². The molecular weight excluding hydrogens is 375 g/mol. The summed E-state index contributed by atoms with van der Waals surface area (Å²) in [6.45, 7) is 2.86. The van der Waals surface area contributed by atoms with Crippen molar-refractivity contribution in [3.63, 3.8) is 0 Å². The fourth-order valence-electron chi connectivity index (χ4n) is 3.06. The van der Waals surface area contributed by atoms with Crippen LogP contribution in [0, 0.1) is 6.92 Å². The van der Waals surface area contributed by atoms with Gasteiger partial charge in [0.05, 0.1) is 11.0 Å². The number of aryl methyl sites for hydroxylation is 1. The molecule has 4 aromatic rings. The van der Waals surface area contributed by atoms with E-state index in [1.807, 2.05) is 42.5 Å². The average molecular weight is 393 g/mol. The summed E-state index contributed by atoms with van der Waals surface area (Å²) in [5.74, 6) is 0.891. The fourth-order valence-corrected chi connectivity index (χ4v) is 3.54. The topological polar surface area (TPSA) is 17.8 Å². The van der Waals surface area contributed by atoms with Crippen molar-refractivity contribution < 1.29 is 0 Å². The van der Waals surface area contributed by atoms with Crippen LogP contribution in [-0.2, 0) is 6.54 Å². The monoisotopic (exact) mass is 392 g/mol. The SMILES string of the molecule is Cc1ccc(Cn2c(C=Cc3ccc(Cl)cc3Cl)nc3ccccc32)cc1. The van der Waals surface area contributed by atoms with Crippen LogP contribution in [-0.4, -0.2) is 9.55 Å². The normalized spacial score (nSPS) is 11.5. The van der Waals surface area contributed by atoms with Gasteiger partial charge in [0.25, 0.3) is 0 Å². The van der Waals surface area contributed by atoms with Gasteiger partial charge in [-0.15, -0.1) is 0 Å². The molecule has 2 nitrogen and oxygen atoms in total. The Bertz CT molecular complexity index is 1130. The summed E-state index contributed by atoms with van der Waals surface area (Å²) >= 11 is 12.3. The van der Waals surface area contributed by atoms with Crippen LogP contribution in [0.5, 0.6) is 0 Å². The van der Waals surface area contributed by atoms with Crippen LogP contribution in [0.15, 0.2) is 66.7 Å². The molecule has 0 N–H and O–H groups in total. The largest absolute Gasteiger partial charge is 0.320 e. The number of benzene rings is 3. The van der Waals surface area contributed by atoms with Crippen LogP contribution in [0.3, 0.4) is 0 Å². The molecule has 0 spiro atoms.